The molecule has 0 aliphatic heterocycles. The number of fused-ring (bicyclic) bond motifs is 1. The maximum atomic E-state index is 11.1. The van der Waals surface area contributed by atoms with Gasteiger partial charge in [-0.3, -0.25) is 0 Å². The zero-order valence-corrected chi connectivity index (χ0v) is 10.2. The summed E-state index contributed by atoms with van der Waals surface area (Å²) in [4.78, 5) is 15.2. The van der Waals surface area contributed by atoms with Gasteiger partial charge in [-0.1, -0.05) is 24.3 Å². The summed E-state index contributed by atoms with van der Waals surface area (Å²) in [5.74, 6) is -1.04. The van der Waals surface area contributed by atoms with Crippen LogP contribution < -0.4 is 0 Å². The Morgan fingerprint density at radius 2 is 2.05 bits per heavy atom. The molecule has 2 heterocycles. The third-order valence-electron chi connectivity index (χ3n) is 3.00. The Morgan fingerprint density at radius 1 is 1.26 bits per heavy atom. The van der Waals surface area contributed by atoms with E-state index in [4.69, 9.17) is 5.11 Å². The second-order valence-electron chi connectivity index (χ2n) is 4.25. The summed E-state index contributed by atoms with van der Waals surface area (Å²) in [5, 5.41) is 13.3. The SMILES string of the molecule is Cc1ccccc1-c1cc(C(=O)O)nc2ccnn12. The first-order chi connectivity index (χ1) is 9.16. The molecular formula is C14H11N3O2. The van der Waals surface area contributed by atoms with Crippen molar-refractivity contribution in [1.29, 1.82) is 0 Å². The van der Waals surface area contributed by atoms with E-state index in [0.29, 0.717) is 5.65 Å². The number of hydrogen-bond acceptors (Lipinski definition) is 3. The van der Waals surface area contributed by atoms with Crippen molar-refractivity contribution in [2.45, 2.75) is 6.92 Å². The highest BCUT2D eigenvalue weighted by molar-refractivity contribution is 5.87. The fourth-order valence-electron chi connectivity index (χ4n) is 2.07. The number of aryl methyl sites for hydroxylation is 1. The number of rotatable bonds is 2. The average molecular weight is 253 g/mol. The summed E-state index contributed by atoms with van der Waals surface area (Å²) in [6.07, 6.45) is 1.61. The number of hydrogen-bond donors (Lipinski definition) is 1. The summed E-state index contributed by atoms with van der Waals surface area (Å²) < 4.78 is 1.65. The number of benzene rings is 1. The molecule has 0 unspecified atom stereocenters. The van der Waals surface area contributed by atoms with Crippen LogP contribution in [0.2, 0.25) is 0 Å². The minimum absolute atomic E-state index is 0.0197. The molecule has 0 aliphatic rings. The molecule has 0 amide bonds. The van der Waals surface area contributed by atoms with Crippen molar-refractivity contribution >= 4 is 11.6 Å². The molecular weight excluding hydrogens is 242 g/mol. The van der Waals surface area contributed by atoms with Crippen molar-refractivity contribution in [3.63, 3.8) is 0 Å². The first kappa shape index (κ1) is 11.4. The molecule has 0 fully saturated rings. The van der Waals surface area contributed by atoms with Crippen LogP contribution in [0.15, 0.2) is 42.6 Å². The molecule has 0 saturated carbocycles. The smallest absolute Gasteiger partial charge is 0.354 e. The van der Waals surface area contributed by atoms with E-state index in [1.165, 1.54) is 0 Å². The van der Waals surface area contributed by atoms with Gasteiger partial charge in [0.25, 0.3) is 0 Å². The number of aromatic carboxylic acids is 1. The van der Waals surface area contributed by atoms with Crippen molar-refractivity contribution in [1.82, 2.24) is 14.6 Å². The van der Waals surface area contributed by atoms with Crippen molar-refractivity contribution in [3.05, 3.63) is 53.9 Å². The molecule has 19 heavy (non-hydrogen) atoms. The van der Waals surface area contributed by atoms with Gasteiger partial charge in [0.05, 0.1) is 11.9 Å². The summed E-state index contributed by atoms with van der Waals surface area (Å²) in [6, 6.07) is 11.0. The summed E-state index contributed by atoms with van der Waals surface area (Å²) in [5.41, 5.74) is 3.28. The third-order valence-corrected chi connectivity index (χ3v) is 3.00. The van der Waals surface area contributed by atoms with Gasteiger partial charge in [-0.05, 0) is 18.6 Å². The number of carboxylic acid groups (broad SMARTS) is 1. The summed E-state index contributed by atoms with van der Waals surface area (Å²) >= 11 is 0. The lowest BCUT2D eigenvalue weighted by Gasteiger charge is -2.08. The second kappa shape index (κ2) is 4.20. The van der Waals surface area contributed by atoms with Crippen molar-refractivity contribution in [3.8, 4) is 11.3 Å². The fourth-order valence-corrected chi connectivity index (χ4v) is 2.07. The predicted molar refractivity (Wildman–Crippen MR) is 70.1 cm³/mol. The van der Waals surface area contributed by atoms with E-state index >= 15 is 0 Å². The van der Waals surface area contributed by atoms with Crippen LogP contribution in [-0.2, 0) is 0 Å². The van der Waals surface area contributed by atoms with Crippen LogP contribution in [0.25, 0.3) is 16.9 Å². The minimum Gasteiger partial charge on any atom is -0.477 e. The Morgan fingerprint density at radius 3 is 2.79 bits per heavy atom. The van der Waals surface area contributed by atoms with Crippen LogP contribution in [0.5, 0.6) is 0 Å². The van der Waals surface area contributed by atoms with Crippen LogP contribution in [0.4, 0.5) is 0 Å². The first-order valence-electron chi connectivity index (χ1n) is 5.81. The molecule has 0 radical (unpaired) electrons. The molecule has 3 aromatic rings. The lowest BCUT2D eigenvalue weighted by Crippen LogP contribution is -2.05. The monoisotopic (exact) mass is 253 g/mol. The Balaban J connectivity index is 2.36. The van der Waals surface area contributed by atoms with Gasteiger partial charge in [0.15, 0.2) is 11.3 Å². The standard InChI is InChI=1S/C14H11N3O2/c1-9-4-2-3-5-10(9)12-8-11(14(18)19)16-13-6-7-15-17(12)13/h2-8H,1H3,(H,18,19). The second-order valence-corrected chi connectivity index (χ2v) is 4.25. The van der Waals surface area contributed by atoms with Crippen molar-refractivity contribution < 1.29 is 9.90 Å². The van der Waals surface area contributed by atoms with Gasteiger partial charge in [0.1, 0.15) is 0 Å². The van der Waals surface area contributed by atoms with E-state index < -0.39 is 5.97 Å². The van der Waals surface area contributed by atoms with E-state index in [2.05, 4.69) is 10.1 Å². The van der Waals surface area contributed by atoms with Gasteiger partial charge in [-0.2, -0.15) is 5.10 Å². The largest absolute Gasteiger partial charge is 0.477 e. The highest BCUT2D eigenvalue weighted by Crippen LogP contribution is 2.24. The number of nitrogens with zero attached hydrogens (tertiary/aromatic N) is 3. The molecule has 2 aromatic heterocycles. The number of carboxylic acids is 1. The summed E-state index contributed by atoms with van der Waals surface area (Å²) in [7, 11) is 0. The lowest BCUT2D eigenvalue weighted by atomic mass is 10.1. The lowest BCUT2D eigenvalue weighted by molar-refractivity contribution is 0.0690. The van der Waals surface area contributed by atoms with Gasteiger partial charge < -0.3 is 5.11 Å². The quantitative estimate of drug-likeness (QED) is 0.761. The molecule has 3 rings (SSSR count). The van der Waals surface area contributed by atoms with Gasteiger partial charge in [0.2, 0.25) is 0 Å². The summed E-state index contributed by atoms with van der Waals surface area (Å²) in [6.45, 7) is 1.98. The Kier molecular flexibility index (Phi) is 2.52. The van der Waals surface area contributed by atoms with Crippen LogP contribution in [0.3, 0.4) is 0 Å². The van der Waals surface area contributed by atoms with Gasteiger partial charge in [0, 0.05) is 11.6 Å². The van der Waals surface area contributed by atoms with Gasteiger partial charge >= 0.3 is 5.97 Å². The molecule has 1 N–H and O–H groups in total. The maximum Gasteiger partial charge on any atom is 0.354 e. The van der Waals surface area contributed by atoms with Crippen molar-refractivity contribution in [2.75, 3.05) is 0 Å². The highest BCUT2D eigenvalue weighted by Gasteiger charge is 2.13. The normalized spacial score (nSPS) is 10.8. The van der Waals surface area contributed by atoms with E-state index in [9.17, 15) is 4.79 Å². The highest BCUT2D eigenvalue weighted by atomic mass is 16.4. The number of aromatic nitrogens is 3. The third kappa shape index (κ3) is 1.85. The topological polar surface area (TPSA) is 67.5 Å². The molecule has 5 nitrogen and oxygen atoms in total. The zero-order valence-electron chi connectivity index (χ0n) is 10.2. The molecule has 0 atom stereocenters. The van der Waals surface area contributed by atoms with Gasteiger partial charge in [-0.25, -0.2) is 14.3 Å². The van der Waals surface area contributed by atoms with Crippen LogP contribution in [0, 0.1) is 6.92 Å². The Hall–Kier alpha value is -2.69. The molecule has 1 aromatic carbocycles. The van der Waals surface area contributed by atoms with Crippen molar-refractivity contribution in [2.24, 2.45) is 0 Å². The molecule has 0 bridgehead atoms. The van der Waals surface area contributed by atoms with E-state index in [1.807, 2.05) is 31.2 Å². The molecule has 0 aliphatic carbocycles. The van der Waals surface area contributed by atoms with Gasteiger partial charge in [-0.15, -0.1) is 0 Å². The zero-order chi connectivity index (χ0) is 13.4. The van der Waals surface area contributed by atoms with E-state index in [1.54, 1.807) is 22.8 Å². The molecule has 0 saturated heterocycles. The minimum atomic E-state index is -1.04. The molecule has 0 spiro atoms. The van der Waals surface area contributed by atoms with Crippen LogP contribution >= 0.6 is 0 Å². The fraction of sp³-hybridized carbons (Fsp3) is 0.0714. The van der Waals surface area contributed by atoms with Crippen LogP contribution in [0.1, 0.15) is 16.1 Å². The Labute approximate surface area is 109 Å². The maximum absolute atomic E-state index is 11.1. The molecule has 5 heteroatoms. The average Bonchev–Trinajstić information content (AvgIpc) is 2.86. The van der Waals surface area contributed by atoms with Crippen LogP contribution in [-0.4, -0.2) is 25.7 Å². The Bertz CT molecular complexity index is 777. The predicted octanol–water partition coefficient (Wildman–Crippen LogP) is 2.40. The van der Waals surface area contributed by atoms with E-state index in [-0.39, 0.29) is 5.69 Å². The first-order valence-corrected chi connectivity index (χ1v) is 5.81. The number of carbonyl (C=O) groups is 1. The molecule has 94 valence electrons. The van der Waals surface area contributed by atoms with E-state index in [0.717, 1.165) is 16.8 Å².